The zero-order valence-electron chi connectivity index (χ0n) is 9.80. The Balaban J connectivity index is 4.50. The van der Waals surface area contributed by atoms with Gasteiger partial charge < -0.3 is 25.6 Å². The summed E-state index contributed by atoms with van der Waals surface area (Å²) in [7, 11) is 0. The molecule has 0 fully saturated rings. The van der Waals surface area contributed by atoms with Crippen molar-refractivity contribution in [1.29, 1.82) is 0 Å². The van der Waals surface area contributed by atoms with Gasteiger partial charge in [0.05, 0.1) is 25.4 Å². The van der Waals surface area contributed by atoms with Crippen LogP contribution in [0.2, 0.25) is 0 Å². The van der Waals surface area contributed by atoms with Gasteiger partial charge in [0.25, 0.3) is 0 Å². The van der Waals surface area contributed by atoms with Crippen LogP contribution in [0.4, 0.5) is 0 Å². The summed E-state index contributed by atoms with van der Waals surface area (Å²) >= 11 is 0. The number of aliphatic hydroxyl groups excluding tert-OH is 4. The summed E-state index contributed by atoms with van der Waals surface area (Å²) in [6.07, 6.45) is -1.34. The first-order valence-electron chi connectivity index (χ1n) is 5.36. The largest absolute Gasteiger partial charge is 0.394 e. The van der Waals surface area contributed by atoms with Crippen molar-refractivity contribution in [2.75, 3.05) is 13.2 Å². The zero-order chi connectivity index (χ0) is 12.8. The van der Waals surface area contributed by atoms with Crippen LogP contribution < -0.4 is 5.48 Å². The number of aliphatic hydroxyl groups is 4. The Kier molecular flexibility index (Phi) is 7.05. The minimum absolute atomic E-state index is 0.230. The molecule has 0 aliphatic heterocycles. The highest BCUT2D eigenvalue weighted by Gasteiger charge is 2.32. The SMILES string of the molecule is CC(C)(NO)C(CC(O)CO)CC(O)CO. The Morgan fingerprint density at radius 3 is 1.62 bits per heavy atom. The fourth-order valence-electron chi connectivity index (χ4n) is 1.58. The van der Waals surface area contributed by atoms with E-state index in [0.717, 1.165) is 0 Å². The maximum absolute atomic E-state index is 9.37. The van der Waals surface area contributed by atoms with Gasteiger partial charge in [-0.3, -0.25) is 0 Å². The van der Waals surface area contributed by atoms with Gasteiger partial charge in [-0.2, -0.15) is 5.48 Å². The molecule has 16 heavy (non-hydrogen) atoms. The van der Waals surface area contributed by atoms with Crippen molar-refractivity contribution in [3.63, 3.8) is 0 Å². The highest BCUT2D eigenvalue weighted by atomic mass is 16.5. The molecule has 2 unspecified atom stereocenters. The number of hydroxylamine groups is 1. The normalized spacial score (nSPS) is 18.2. The van der Waals surface area contributed by atoms with Crippen LogP contribution in [0, 0.1) is 5.92 Å². The first-order chi connectivity index (χ1) is 7.37. The second-order valence-electron chi connectivity index (χ2n) is 4.67. The molecule has 6 N–H and O–H groups in total. The summed E-state index contributed by atoms with van der Waals surface area (Å²) in [5.41, 5.74) is 1.40. The second kappa shape index (κ2) is 7.16. The number of hydrogen-bond acceptors (Lipinski definition) is 6. The quantitative estimate of drug-likeness (QED) is 0.297. The summed E-state index contributed by atoms with van der Waals surface area (Å²) in [5.74, 6) is -0.276. The highest BCUT2D eigenvalue weighted by molar-refractivity contribution is 4.86. The monoisotopic (exact) mass is 237 g/mol. The van der Waals surface area contributed by atoms with E-state index in [-0.39, 0.29) is 32.0 Å². The standard InChI is InChI=1S/C10H23NO5/c1-10(2,11-16)7(3-8(14)5-12)4-9(15)6-13/h7-9,11-16H,3-6H2,1-2H3. The minimum atomic E-state index is -0.900. The van der Waals surface area contributed by atoms with E-state index in [2.05, 4.69) is 5.48 Å². The summed E-state index contributed by atoms with van der Waals surface area (Å²) in [6, 6.07) is 0. The van der Waals surface area contributed by atoms with Crippen LogP contribution in [-0.4, -0.2) is 56.6 Å². The Morgan fingerprint density at radius 2 is 1.38 bits per heavy atom. The average molecular weight is 237 g/mol. The number of hydrogen-bond donors (Lipinski definition) is 6. The molecular formula is C10H23NO5. The van der Waals surface area contributed by atoms with E-state index < -0.39 is 17.7 Å². The topological polar surface area (TPSA) is 113 Å². The lowest BCUT2D eigenvalue weighted by Crippen LogP contribution is -2.47. The number of nitrogens with one attached hydrogen (secondary N) is 1. The van der Waals surface area contributed by atoms with Gasteiger partial charge in [0.1, 0.15) is 0 Å². The van der Waals surface area contributed by atoms with Gasteiger partial charge in [-0.25, -0.2) is 0 Å². The molecule has 6 nitrogen and oxygen atoms in total. The third-order valence-electron chi connectivity index (χ3n) is 2.84. The third kappa shape index (κ3) is 5.20. The maximum Gasteiger partial charge on any atom is 0.0774 e. The minimum Gasteiger partial charge on any atom is -0.394 e. The molecule has 0 aliphatic rings. The van der Waals surface area contributed by atoms with E-state index in [1.54, 1.807) is 13.8 Å². The molecule has 0 bridgehead atoms. The Bertz CT molecular complexity index is 176. The van der Waals surface area contributed by atoms with E-state index in [1.807, 2.05) is 0 Å². The van der Waals surface area contributed by atoms with Crippen LogP contribution in [0.25, 0.3) is 0 Å². The summed E-state index contributed by atoms with van der Waals surface area (Å²) in [6.45, 7) is 2.69. The molecule has 0 rings (SSSR count). The van der Waals surface area contributed by atoms with Gasteiger partial charge in [-0.15, -0.1) is 0 Å². The van der Waals surface area contributed by atoms with Crippen LogP contribution in [-0.2, 0) is 0 Å². The van der Waals surface area contributed by atoms with Gasteiger partial charge in [0, 0.05) is 5.54 Å². The van der Waals surface area contributed by atoms with E-state index in [0.29, 0.717) is 0 Å². The van der Waals surface area contributed by atoms with E-state index in [9.17, 15) is 10.2 Å². The molecule has 0 saturated heterocycles. The Labute approximate surface area is 95.5 Å². The van der Waals surface area contributed by atoms with Crippen LogP contribution in [0.1, 0.15) is 26.7 Å². The van der Waals surface area contributed by atoms with Gasteiger partial charge >= 0.3 is 0 Å². The summed E-state index contributed by atoms with van der Waals surface area (Å²) in [5, 5.41) is 45.3. The molecule has 0 heterocycles. The predicted octanol–water partition coefficient (Wildman–Crippen LogP) is -1.15. The Morgan fingerprint density at radius 1 is 1.00 bits per heavy atom. The first-order valence-corrected chi connectivity index (χ1v) is 5.36. The molecule has 0 aromatic heterocycles. The molecule has 6 heteroatoms. The third-order valence-corrected chi connectivity index (χ3v) is 2.84. The van der Waals surface area contributed by atoms with Crippen LogP contribution in [0.15, 0.2) is 0 Å². The zero-order valence-corrected chi connectivity index (χ0v) is 9.80. The van der Waals surface area contributed by atoms with Crippen molar-refractivity contribution in [3.8, 4) is 0 Å². The predicted molar refractivity (Wildman–Crippen MR) is 57.9 cm³/mol. The fourth-order valence-corrected chi connectivity index (χ4v) is 1.58. The van der Waals surface area contributed by atoms with Gasteiger partial charge in [0.15, 0.2) is 0 Å². The maximum atomic E-state index is 9.37. The smallest absolute Gasteiger partial charge is 0.0774 e. The van der Waals surface area contributed by atoms with Crippen molar-refractivity contribution < 1.29 is 25.6 Å². The molecule has 0 saturated carbocycles. The molecule has 0 aromatic rings. The van der Waals surface area contributed by atoms with Crippen molar-refractivity contribution in [2.24, 2.45) is 5.92 Å². The molecule has 98 valence electrons. The molecule has 2 atom stereocenters. The molecule has 0 radical (unpaired) electrons. The van der Waals surface area contributed by atoms with Crippen molar-refractivity contribution in [2.45, 2.75) is 44.4 Å². The lowest BCUT2D eigenvalue weighted by Gasteiger charge is -2.35. The molecular weight excluding hydrogens is 214 g/mol. The van der Waals surface area contributed by atoms with Crippen LogP contribution in [0.3, 0.4) is 0 Å². The second-order valence-corrected chi connectivity index (χ2v) is 4.67. The summed E-state index contributed by atoms with van der Waals surface area (Å²) in [4.78, 5) is 0. The summed E-state index contributed by atoms with van der Waals surface area (Å²) < 4.78 is 0. The lowest BCUT2D eigenvalue weighted by molar-refractivity contribution is -0.0146. The average Bonchev–Trinajstić information content (AvgIpc) is 2.27. The van der Waals surface area contributed by atoms with Gasteiger partial charge in [-0.1, -0.05) is 0 Å². The molecule has 0 aliphatic carbocycles. The first kappa shape index (κ1) is 15.8. The lowest BCUT2D eigenvalue weighted by atomic mass is 9.80. The van der Waals surface area contributed by atoms with E-state index in [1.165, 1.54) is 0 Å². The van der Waals surface area contributed by atoms with Crippen LogP contribution >= 0.6 is 0 Å². The molecule has 0 spiro atoms. The van der Waals surface area contributed by atoms with E-state index in [4.69, 9.17) is 15.4 Å². The van der Waals surface area contributed by atoms with Crippen molar-refractivity contribution >= 4 is 0 Å². The van der Waals surface area contributed by atoms with Gasteiger partial charge in [-0.05, 0) is 32.6 Å². The van der Waals surface area contributed by atoms with Crippen molar-refractivity contribution in [1.82, 2.24) is 5.48 Å². The van der Waals surface area contributed by atoms with Crippen LogP contribution in [0.5, 0.6) is 0 Å². The number of rotatable bonds is 8. The Hall–Kier alpha value is -0.240. The molecule has 0 aromatic carbocycles. The van der Waals surface area contributed by atoms with Crippen molar-refractivity contribution in [3.05, 3.63) is 0 Å². The van der Waals surface area contributed by atoms with Gasteiger partial charge in [0.2, 0.25) is 0 Å². The fraction of sp³-hybridized carbons (Fsp3) is 1.00. The van der Waals surface area contributed by atoms with E-state index >= 15 is 0 Å². The highest BCUT2D eigenvalue weighted by Crippen LogP contribution is 2.26. The molecule has 0 amide bonds.